The Hall–Kier alpha value is -0.0800. The summed E-state index contributed by atoms with van der Waals surface area (Å²) in [6.45, 7) is 4.17. The summed E-state index contributed by atoms with van der Waals surface area (Å²) >= 11 is 0. The van der Waals surface area contributed by atoms with Crippen molar-refractivity contribution in [1.29, 1.82) is 0 Å². The predicted molar refractivity (Wildman–Crippen MR) is 36.6 cm³/mol. The summed E-state index contributed by atoms with van der Waals surface area (Å²) < 4.78 is 0. The molecule has 0 aliphatic carbocycles. The van der Waals surface area contributed by atoms with Gasteiger partial charge in [0, 0.05) is 0 Å². The zero-order valence-corrected chi connectivity index (χ0v) is 5.99. The van der Waals surface area contributed by atoms with Crippen LogP contribution < -0.4 is 11.1 Å². The van der Waals surface area contributed by atoms with Gasteiger partial charge in [0.2, 0.25) is 0 Å². The Morgan fingerprint density at radius 1 is 1.38 bits per heavy atom. The fraction of sp³-hybridized carbons (Fsp3) is 1.00. The van der Waals surface area contributed by atoms with E-state index in [-0.39, 0.29) is 5.66 Å². The van der Waals surface area contributed by atoms with Gasteiger partial charge in [-0.2, -0.15) is 0 Å². The van der Waals surface area contributed by atoms with Gasteiger partial charge < -0.3 is 11.1 Å². The Labute approximate surface area is 51.5 Å². The zero-order chi connectivity index (χ0) is 6.62. The highest BCUT2D eigenvalue weighted by Crippen LogP contribution is 2.04. The van der Waals surface area contributed by atoms with Gasteiger partial charge in [0.15, 0.2) is 0 Å². The molecule has 0 saturated heterocycles. The number of rotatable bonds is 3. The van der Waals surface area contributed by atoms with Crippen molar-refractivity contribution in [3.63, 3.8) is 0 Å². The smallest absolute Gasteiger partial charge is 0.0654 e. The van der Waals surface area contributed by atoms with Crippen molar-refractivity contribution in [2.75, 3.05) is 7.05 Å². The summed E-state index contributed by atoms with van der Waals surface area (Å²) in [5.74, 6) is 0. The van der Waals surface area contributed by atoms with Crippen molar-refractivity contribution >= 4 is 0 Å². The Balaban J connectivity index is 3.58. The maximum absolute atomic E-state index is 5.78. The third kappa shape index (κ3) is 1.80. The van der Waals surface area contributed by atoms with Gasteiger partial charge in [-0.15, -0.1) is 0 Å². The number of hydrogen-bond donors (Lipinski definition) is 2. The summed E-state index contributed by atoms with van der Waals surface area (Å²) in [4.78, 5) is 0. The highest BCUT2D eigenvalue weighted by molar-refractivity contribution is 4.74. The molecule has 50 valence electrons. The second-order valence-corrected chi connectivity index (χ2v) is 2.11. The second kappa shape index (κ2) is 3.05. The van der Waals surface area contributed by atoms with E-state index < -0.39 is 0 Å². The van der Waals surface area contributed by atoms with Crippen molar-refractivity contribution in [1.82, 2.24) is 5.32 Å². The van der Waals surface area contributed by atoms with E-state index in [1.807, 2.05) is 7.05 Å². The molecule has 0 radical (unpaired) electrons. The third-order valence-electron chi connectivity index (χ3n) is 1.76. The quantitative estimate of drug-likeness (QED) is 0.532. The first-order valence-electron chi connectivity index (χ1n) is 3.16. The lowest BCUT2D eigenvalue weighted by molar-refractivity contribution is 0.337. The summed E-state index contributed by atoms with van der Waals surface area (Å²) in [5, 5.41) is 3.06. The molecule has 3 N–H and O–H groups in total. The number of nitrogens with two attached hydrogens (primary N) is 1. The Bertz CT molecular complexity index is 49.3. The van der Waals surface area contributed by atoms with E-state index in [9.17, 15) is 0 Å². The molecule has 0 rings (SSSR count). The molecule has 0 saturated carbocycles. The molecule has 0 bridgehead atoms. The molecular weight excluding hydrogens is 100 g/mol. The molecule has 2 heteroatoms. The van der Waals surface area contributed by atoms with E-state index in [1.54, 1.807) is 0 Å². The summed E-state index contributed by atoms with van der Waals surface area (Å²) in [6.07, 6.45) is 1.97. The van der Waals surface area contributed by atoms with Crippen LogP contribution in [-0.2, 0) is 0 Å². The highest BCUT2D eigenvalue weighted by atomic mass is 15.1. The monoisotopic (exact) mass is 116 g/mol. The standard InChI is InChI=1S/C6H16N2/c1-4-6(7,5-2)8-3/h8H,4-5,7H2,1-3H3. The van der Waals surface area contributed by atoms with Crippen molar-refractivity contribution in [3.8, 4) is 0 Å². The van der Waals surface area contributed by atoms with E-state index in [4.69, 9.17) is 5.73 Å². The molecule has 0 aromatic rings. The van der Waals surface area contributed by atoms with Gasteiger partial charge in [0.25, 0.3) is 0 Å². The third-order valence-corrected chi connectivity index (χ3v) is 1.76. The Morgan fingerprint density at radius 2 is 1.75 bits per heavy atom. The minimum atomic E-state index is -0.125. The Morgan fingerprint density at radius 3 is 1.75 bits per heavy atom. The van der Waals surface area contributed by atoms with E-state index in [0.717, 1.165) is 12.8 Å². The van der Waals surface area contributed by atoms with Crippen LogP contribution in [0, 0.1) is 0 Å². The maximum Gasteiger partial charge on any atom is 0.0654 e. The molecule has 0 heterocycles. The van der Waals surface area contributed by atoms with Gasteiger partial charge in [-0.3, -0.25) is 0 Å². The summed E-state index contributed by atoms with van der Waals surface area (Å²) in [6, 6.07) is 0. The molecule has 0 fully saturated rings. The lowest BCUT2D eigenvalue weighted by atomic mass is 10.1. The minimum Gasteiger partial charge on any atom is -0.313 e. The normalized spacial score (nSPS) is 12.0. The Kier molecular flexibility index (Phi) is 3.02. The van der Waals surface area contributed by atoms with Crippen LogP contribution in [0.15, 0.2) is 0 Å². The summed E-state index contributed by atoms with van der Waals surface area (Å²) in [7, 11) is 1.90. The fourth-order valence-corrected chi connectivity index (χ4v) is 0.604. The van der Waals surface area contributed by atoms with Crippen LogP contribution in [-0.4, -0.2) is 12.7 Å². The molecule has 0 atom stereocenters. The van der Waals surface area contributed by atoms with Gasteiger partial charge >= 0.3 is 0 Å². The molecule has 0 aliphatic rings. The molecule has 2 nitrogen and oxygen atoms in total. The zero-order valence-electron chi connectivity index (χ0n) is 5.99. The average molecular weight is 116 g/mol. The van der Waals surface area contributed by atoms with Crippen LogP contribution in [0.25, 0.3) is 0 Å². The SMILES string of the molecule is CCC(N)(CC)NC. The van der Waals surface area contributed by atoms with E-state index in [2.05, 4.69) is 19.2 Å². The van der Waals surface area contributed by atoms with Crippen molar-refractivity contribution in [2.45, 2.75) is 32.4 Å². The van der Waals surface area contributed by atoms with Gasteiger partial charge in [0.05, 0.1) is 5.66 Å². The van der Waals surface area contributed by atoms with Crippen LogP contribution in [0.1, 0.15) is 26.7 Å². The highest BCUT2D eigenvalue weighted by Gasteiger charge is 2.15. The molecule has 8 heavy (non-hydrogen) atoms. The van der Waals surface area contributed by atoms with Gasteiger partial charge in [0.1, 0.15) is 0 Å². The first-order valence-corrected chi connectivity index (χ1v) is 3.16. The van der Waals surface area contributed by atoms with Crippen LogP contribution in [0.2, 0.25) is 0 Å². The molecule has 0 aromatic carbocycles. The number of nitrogens with one attached hydrogen (secondary N) is 1. The number of hydrogen-bond acceptors (Lipinski definition) is 2. The minimum absolute atomic E-state index is 0.125. The van der Waals surface area contributed by atoms with Gasteiger partial charge in [-0.1, -0.05) is 13.8 Å². The van der Waals surface area contributed by atoms with Crippen LogP contribution >= 0.6 is 0 Å². The molecule has 0 unspecified atom stereocenters. The van der Waals surface area contributed by atoms with E-state index in [0.29, 0.717) is 0 Å². The maximum atomic E-state index is 5.78. The summed E-state index contributed by atoms with van der Waals surface area (Å²) in [5.41, 5.74) is 5.66. The van der Waals surface area contributed by atoms with Crippen LogP contribution in [0.3, 0.4) is 0 Å². The predicted octanol–water partition coefficient (Wildman–Crippen LogP) is 0.681. The average Bonchev–Trinajstić information content (AvgIpc) is 1.87. The molecule has 0 spiro atoms. The van der Waals surface area contributed by atoms with Gasteiger partial charge in [-0.05, 0) is 19.9 Å². The first-order chi connectivity index (χ1) is 3.68. The van der Waals surface area contributed by atoms with Crippen LogP contribution in [0.4, 0.5) is 0 Å². The second-order valence-electron chi connectivity index (χ2n) is 2.11. The van der Waals surface area contributed by atoms with Gasteiger partial charge in [-0.25, -0.2) is 0 Å². The van der Waals surface area contributed by atoms with Crippen LogP contribution in [0.5, 0.6) is 0 Å². The fourth-order valence-electron chi connectivity index (χ4n) is 0.604. The molecular formula is C6H16N2. The molecule has 0 aromatic heterocycles. The first kappa shape index (κ1) is 7.92. The molecule has 0 aliphatic heterocycles. The molecule has 0 amide bonds. The van der Waals surface area contributed by atoms with Crippen molar-refractivity contribution in [3.05, 3.63) is 0 Å². The van der Waals surface area contributed by atoms with Crippen molar-refractivity contribution in [2.24, 2.45) is 5.73 Å². The topological polar surface area (TPSA) is 38.0 Å². The van der Waals surface area contributed by atoms with E-state index >= 15 is 0 Å². The van der Waals surface area contributed by atoms with E-state index in [1.165, 1.54) is 0 Å². The lowest BCUT2D eigenvalue weighted by Gasteiger charge is -2.25. The largest absolute Gasteiger partial charge is 0.313 e. The van der Waals surface area contributed by atoms with Crippen molar-refractivity contribution < 1.29 is 0 Å². The lowest BCUT2D eigenvalue weighted by Crippen LogP contribution is -2.50.